The summed E-state index contributed by atoms with van der Waals surface area (Å²) in [4.78, 5) is 0. The van der Waals surface area contributed by atoms with Crippen LogP contribution in [-0.2, 0) is 0 Å². The Morgan fingerprint density at radius 1 is 1.06 bits per heavy atom. The zero-order chi connectivity index (χ0) is 11.9. The lowest BCUT2D eigenvalue weighted by Crippen LogP contribution is -2.72. The van der Waals surface area contributed by atoms with E-state index in [4.69, 9.17) is 5.73 Å². The Morgan fingerprint density at radius 3 is 2.59 bits per heavy atom. The molecule has 4 N–H and O–H groups in total. The van der Waals surface area contributed by atoms with Crippen molar-refractivity contribution in [2.24, 2.45) is 11.7 Å². The van der Waals surface area contributed by atoms with Gasteiger partial charge in [-0.3, -0.25) is 0 Å². The molecular weight excluding hydrogens is 212 g/mol. The molecule has 3 unspecified atom stereocenters. The highest BCUT2D eigenvalue weighted by Gasteiger charge is 2.55. The van der Waals surface area contributed by atoms with Crippen LogP contribution in [0.2, 0.25) is 0 Å². The highest BCUT2D eigenvalue weighted by molar-refractivity contribution is 5.13. The van der Waals surface area contributed by atoms with Gasteiger partial charge in [-0.25, -0.2) is 0 Å². The van der Waals surface area contributed by atoms with Crippen LogP contribution in [-0.4, -0.2) is 28.8 Å². The molecule has 3 heteroatoms. The molecule has 0 aromatic rings. The fourth-order valence-corrected chi connectivity index (χ4v) is 4.43. The van der Waals surface area contributed by atoms with Crippen LogP contribution in [0.3, 0.4) is 0 Å². The van der Waals surface area contributed by atoms with Crippen molar-refractivity contribution in [2.75, 3.05) is 6.54 Å². The molecule has 3 atom stereocenters. The predicted molar refractivity (Wildman–Crippen MR) is 68.7 cm³/mol. The third-order valence-corrected chi connectivity index (χ3v) is 5.63. The van der Waals surface area contributed by atoms with Crippen molar-refractivity contribution < 1.29 is 5.11 Å². The standard InChI is InChI=1S/C14H26N2O/c15-13(6-2-1-3-7-13)14(17)8-4-11-5-9-16-12(14)10-11/h11-12,16-17H,1-10,15H2. The Kier molecular flexibility index (Phi) is 2.96. The van der Waals surface area contributed by atoms with Gasteiger partial charge in [-0.05, 0) is 51.0 Å². The second-order valence-corrected chi connectivity index (χ2v) is 6.58. The van der Waals surface area contributed by atoms with Gasteiger partial charge < -0.3 is 16.2 Å². The Labute approximate surface area is 104 Å². The van der Waals surface area contributed by atoms with E-state index in [-0.39, 0.29) is 11.6 Å². The molecule has 3 nitrogen and oxygen atoms in total. The third kappa shape index (κ3) is 1.83. The second kappa shape index (κ2) is 4.22. The molecule has 1 saturated heterocycles. The van der Waals surface area contributed by atoms with Gasteiger partial charge in [-0.1, -0.05) is 19.3 Å². The number of fused-ring (bicyclic) bond motifs is 2. The Balaban J connectivity index is 1.83. The maximum absolute atomic E-state index is 11.2. The molecule has 0 aromatic heterocycles. The minimum Gasteiger partial charge on any atom is -0.386 e. The fraction of sp³-hybridized carbons (Fsp3) is 1.00. The molecule has 1 heterocycles. The van der Waals surface area contributed by atoms with Crippen molar-refractivity contribution in [1.82, 2.24) is 5.32 Å². The molecule has 0 aromatic carbocycles. The van der Waals surface area contributed by atoms with Crippen LogP contribution < -0.4 is 11.1 Å². The van der Waals surface area contributed by atoms with Crippen LogP contribution in [0.4, 0.5) is 0 Å². The predicted octanol–water partition coefficient (Wildman–Crippen LogP) is 1.54. The van der Waals surface area contributed by atoms with Gasteiger partial charge in [0.05, 0.1) is 5.60 Å². The van der Waals surface area contributed by atoms with E-state index in [1.54, 1.807) is 0 Å². The summed E-state index contributed by atoms with van der Waals surface area (Å²) < 4.78 is 0. The van der Waals surface area contributed by atoms with E-state index in [9.17, 15) is 5.11 Å². The van der Waals surface area contributed by atoms with E-state index in [2.05, 4.69) is 5.32 Å². The van der Waals surface area contributed by atoms with E-state index in [0.29, 0.717) is 0 Å². The molecule has 1 aliphatic heterocycles. The number of hydrogen-bond acceptors (Lipinski definition) is 3. The topological polar surface area (TPSA) is 58.3 Å². The summed E-state index contributed by atoms with van der Waals surface area (Å²) in [5, 5.41) is 14.7. The molecule has 3 fully saturated rings. The number of hydrogen-bond donors (Lipinski definition) is 3. The summed E-state index contributed by atoms with van der Waals surface area (Å²) in [6, 6.07) is 0.248. The van der Waals surface area contributed by atoms with Crippen LogP contribution in [0.1, 0.15) is 57.8 Å². The summed E-state index contributed by atoms with van der Waals surface area (Å²) in [6.45, 7) is 1.06. The van der Waals surface area contributed by atoms with Crippen molar-refractivity contribution in [3.8, 4) is 0 Å². The number of nitrogens with two attached hydrogens (primary N) is 1. The zero-order valence-electron chi connectivity index (χ0n) is 10.8. The molecule has 0 spiro atoms. The highest BCUT2D eigenvalue weighted by atomic mass is 16.3. The smallest absolute Gasteiger partial charge is 0.0978 e. The number of piperidine rings is 1. The summed E-state index contributed by atoms with van der Waals surface area (Å²) in [6.07, 6.45) is 10.2. The van der Waals surface area contributed by atoms with Gasteiger partial charge in [0.25, 0.3) is 0 Å². The van der Waals surface area contributed by atoms with E-state index >= 15 is 0 Å². The van der Waals surface area contributed by atoms with Gasteiger partial charge in [0.1, 0.15) is 0 Å². The number of aliphatic hydroxyl groups is 1. The molecule has 2 aliphatic carbocycles. The zero-order valence-corrected chi connectivity index (χ0v) is 10.8. The van der Waals surface area contributed by atoms with Crippen molar-refractivity contribution in [2.45, 2.75) is 75.0 Å². The highest BCUT2D eigenvalue weighted by Crippen LogP contribution is 2.46. The third-order valence-electron chi connectivity index (χ3n) is 5.63. The minimum atomic E-state index is -0.648. The Morgan fingerprint density at radius 2 is 1.82 bits per heavy atom. The first-order valence-electron chi connectivity index (χ1n) is 7.39. The van der Waals surface area contributed by atoms with E-state index in [0.717, 1.165) is 38.1 Å². The summed E-state index contributed by atoms with van der Waals surface area (Å²) in [7, 11) is 0. The van der Waals surface area contributed by atoms with Crippen LogP contribution >= 0.6 is 0 Å². The molecule has 0 amide bonds. The molecule has 3 aliphatic rings. The van der Waals surface area contributed by atoms with Gasteiger partial charge in [-0.15, -0.1) is 0 Å². The number of nitrogens with one attached hydrogen (secondary N) is 1. The van der Waals surface area contributed by atoms with Crippen LogP contribution in [0, 0.1) is 5.92 Å². The quantitative estimate of drug-likeness (QED) is 0.649. The first kappa shape index (κ1) is 11.9. The van der Waals surface area contributed by atoms with Crippen LogP contribution in [0.5, 0.6) is 0 Å². The monoisotopic (exact) mass is 238 g/mol. The van der Waals surface area contributed by atoms with E-state index in [1.807, 2.05) is 0 Å². The molecule has 0 radical (unpaired) electrons. The number of rotatable bonds is 1. The molecular formula is C14H26N2O. The molecule has 17 heavy (non-hydrogen) atoms. The van der Waals surface area contributed by atoms with Gasteiger partial charge in [0.15, 0.2) is 0 Å². The summed E-state index contributed by atoms with van der Waals surface area (Å²) >= 11 is 0. The van der Waals surface area contributed by atoms with E-state index < -0.39 is 5.60 Å². The van der Waals surface area contributed by atoms with Crippen molar-refractivity contribution >= 4 is 0 Å². The first-order chi connectivity index (χ1) is 8.14. The maximum atomic E-state index is 11.2. The lowest BCUT2D eigenvalue weighted by molar-refractivity contribution is -0.117. The molecule has 98 valence electrons. The molecule has 2 saturated carbocycles. The Hall–Kier alpha value is -0.120. The first-order valence-corrected chi connectivity index (χ1v) is 7.39. The second-order valence-electron chi connectivity index (χ2n) is 6.58. The fourth-order valence-electron chi connectivity index (χ4n) is 4.43. The van der Waals surface area contributed by atoms with Gasteiger partial charge in [0.2, 0.25) is 0 Å². The van der Waals surface area contributed by atoms with Crippen molar-refractivity contribution in [1.29, 1.82) is 0 Å². The van der Waals surface area contributed by atoms with Crippen LogP contribution in [0.15, 0.2) is 0 Å². The van der Waals surface area contributed by atoms with Gasteiger partial charge in [0, 0.05) is 11.6 Å². The Bertz CT molecular complexity index is 288. The molecule has 3 rings (SSSR count). The van der Waals surface area contributed by atoms with E-state index in [1.165, 1.54) is 32.1 Å². The average Bonchev–Trinajstić information content (AvgIpc) is 2.36. The van der Waals surface area contributed by atoms with Crippen molar-refractivity contribution in [3.05, 3.63) is 0 Å². The largest absolute Gasteiger partial charge is 0.386 e. The summed E-state index contributed by atoms with van der Waals surface area (Å²) in [5.41, 5.74) is 5.64. The van der Waals surface area contributed by atoms with Gasteiger partial charge in [-0.2, -0.15) is 0 Å². The average molecular weight is 238 g/mol. The van der Waals surface area contributed by atoms with Gasteiger partial charge >= 0.3 is 0 Å². The summed E-state index contributed by atoms with van der Waals surface area (Å²) in [5.74, 6) is 0.828. The minimum absolute atomic E-state index is 0.248. The van der Waals surface area contributed by atoms with Crippen molar-refractivity contribution in [3.63, 3.8) is 0 Å². The lowest BCUT2D eigenvalue weighted by atomic mass is 9.60. The SMILES string of the molecule is NC1(C2(O)CCC3CCNC2C3)CCCCC1. The van der Waals surface area contributed by atoms with Crippen LogP contribution in [0.25, 0.3) is 0 Å². The lowest BCUT2D eigenvalue weighted by Gasteiger charge is -2.56. The molecule has 2 bridgehead atoms. The normalized spacial score (nSPS) is 45.5. The maximum Gasteiger partial charge on any atom is 0.0978 e.